The van der Waals surface area contributed by atoms with Crippen LogP contribution in [-0.2, 0) is 9.47 Å². The second-order valence-corrected chi connectivity index (χ2v) is 10.8. The molecule has 0 radical (unpaired) electrons. The number of methoxy groups -OCH3 is 2. The van der Waals surface area contributed by atoms with Crippen molar-refractivity contribution in [2.75, 3.05) is 126 Å². The van der Waals surface area contributed by atoms with Gasteiger partial charge in [0.1, 0.15) is 0 Å². The third kappa shape index (κ3) is 534. The van der Waals surface area contributed by atoms with Crippen molar-refractivity contribution in [1.82, 2.24) is 29.9 Å². The van der Waals surface area contributed by atoms with Crippen LogP contribution in [0.3, 0.4) is 0 Å². The lowest BCUT2D eigenvalue weighted by atomic mass is 10.7. The highest BCUT2D eigenvalue weighted by Crippen LogP contribution is 1.74. The summed E-state index contributed by atoms with van der Waals surface area (Å²) in [5.41, 5.74) is 0. The molecular weight excluding hydrogens is 472 g/mol. The smallest absolute Gasteiger partial charge is 0.0882 e. The van der Waals surface area contributed by atoms with E-state index in [2.05, 4.69) is 103 Å². The van der Waals surface area contributed by atoms with E-state index in [4.69, 9.17) is 0 Å². The molecule has 0 bridgehead atoms. The molecular formula is C25H80N6O2Si2. The van der Waals surface area contributed by atoms with Crippen LogP contribution >= 0.6 is 0 Å². The Kier molecular flexibility index (Phi) is 155. The van der Waals surface area contributed by atoms with E-state index in [1.54, 1.807) is 21.3 Å². The van der Waals surface area contributed by atoms with Crippen LogP contribution in [0, 0.1) is 0 Å². The van der Waals surface area contributed by atoms with Crippen molar-refractivity contribution >= 4 is 19.2 Å². The average molecular weight is 553 g/mol. The van der Waals surface area contributed by atoms with Gasteiger partial charge in [0.2, 0.25) is 0 Å². The van der Waals surface area contributed by atoms with Gasteiger partial charge in [-0.3, -0.25) is 9.80 Å². The van der Waals surface area contributed by atoms with Gasteiger partial charge in [0, 0.05) is 44.1 Å². The van der Waals surface area contributed by atoms with Crippen LogP contribution in [0.1, 0.15) is 28.7 Å². The maximum atomic E-state index is 4.54. The molecule has 2 N–H and O–H groups in total. The van der Waals surface area contributed by atoms with Crippen LogP contribution in [0.25, 0.3) is 0 Å². The van der Waals surface area contributed by atoms with Gasteiger partial charge in [-0.1, -0.05) is 41.4 Å². The van der Waals surface area contributed by atoms with Crippen LogP contribution in [-0.4, -0.2) is 165 Å². The molecule has 0 saturated carbocycles. The van der Waals surface area contributed by atoms with Crippen molar-refractivity contribution in [2.24, 2.45) is 0 Å². The maximum Gasteiger partial charge on any atom is 0.0882 e. The molecule has 10 heteroatoms. The molecule has 0 atom stereocenters. The fourth-order valence-corrected chi connectivity index (χ4v) is 0.566. The maximum absolute atomic E-state index is 4.54. The first-order valence-corrected chi connectivity index (χ1v) is 16.8. The molecule has 35 heavy (non-hydrogen) atoms. The van der Waals surface area contributed by atoms with Crippen molar-refractivity contribution in [3.05, 3.63) is 0 Å². The highest BCUT2D eigenvalue weighted by molar-refractivity contribution is 6.31. The summed E-state index contributed by atoms with van der Waals surface area (Å²) in [7, 11) is 29.6. The molecule has 0 saturated heterocycles. The van der Waals surface area contributed by atoms with E-state index in [1.807, 2.05) is 54.1 Å². The van der Waals surface area contributed by atoms with Crippen molar-refractivity contribution in [2.45, 2.75) is 48.3 Å². The predicted molar refractivity (Wildman–Crippen MR) is 179 cm³/mol. The van der Waals surface area contributed by atoms with Crippen LogP contribution < -0.4 is 10.3 Å². The second kappa shape index (κ2) is 83.9. The zero-order valence-corrected chi connectivity index (χ0v) is 30.0. The van der Waals surface area contributed by atoms with E-state index < -0.39 is 0 Å². The van der Waals surface area contributed by atoms with Gasteiger partial charge < -0.3 is 29.6 Å². The van der Waals surface area contributed by atoms with Gasteiger partial charge in [-0.2, -0.15) is 0 Å². The molecule has 0 rings (SSSR count). The SMILES string of the molecule is C.C.CCN(C)C.CCOC.CN(C)C.CN(C)CN(C)C.CNC.CN[SiH2]C.COC.C[SiH2]C. The van der Waals surface area contributed by atoms with Gasteiger partial charge >= 0.3 is 0 Å². The molecule has 0 heterocycles. The fourth-order valence-electron chi connectivity index (χ4n) is 0.566. The molecule has 230 valence electrons. The molecule has 0 amide bonds. The third-order valence-electron chi connectivity index (χ3n) is 1.84. The van der Waals surface area contributed by atoms with Gasteiger partial charge in [-0.25, -0.2) is 0 Å². The zero-order chi connectivity index (χ0) is 28.7. The van der Waals surface area contributed by atoms with Crippen LogP contribution in [0.2, 0.25) is 19.6 Å². The number of rotatable bonds is 5. The first kappa shape index (κ1) is 64.8. The van der Waals surface area contributed by atoms with E-state index in [0.29, 0.717) is 9.52 Å². The number of ether oxygens (including phenoxy) is 2. The summed E-state index contributed by atoms with van der Waals surface area (Å²) >= 11 is 0. The monoisotopic (exact) mass is 553 g/mol. The Morgan fingerprint density at radius 1 is 0.657 bits per heavy atom. The van der Waals surface area contributed by atoms with E-state index in [-0.39, 0.29) is 24.5 Å². The number of hydrogen-bond donors (Lipinski definition) is 2. The quantitative estimate of drug-likeness (QED) is 0.398. The van der Waals surface area contributed by atoms with Crippen molar-refractivity contribution < 1.29 is 9.47 Å². The number of nitrogens with one attached hydrogen (secondary N) is 2. The Morgan fingerprint density at radius 3 is 0.800 bits per heavy atom. The van der Waals surface area contributed by atoms with Crippen molar-refractivity contribution in [3.63, 3.8) is 0 Å². The largest absolute Gasteiger partial charge is 0.388 e. The normalized spacial score (nSPS) is 8.23. The van der Waals surface area contributed by atoms with E-state index >= 15 is 0 Å². The van der Waals surface area contributed by atoms with Gasteiger partial charge in [-0.15, -0.1) is 0 Å². The van der Waals surface area contributed by atoms with Crippen LogP contribution in [0.15, 0.2) is 0 Å². The van der Waals surface area contributed by atoms with Crippen LogP contribution in [0.4, 0.5) is 0 Å². The Morgan fingerprint density at radius 2 is 0.800 bits per heavy atom. The molecule has 0 aromatic rings. The highest BCUT2D eigenvalue weighted by atomic mass is 28.2. The molecule has 0 aliphatic heterocycles. The Hall–Kier alpha value is 0.114. The molecule has 0 aromatic heterocycles. The molecule has 0 aromatic carbocycles. The van der Waals surface area contributed by atoms with Gasteiger partial charge in [0.05, 0.1) is 9.68 Å². The summed E-state index contributed by atoms with van der Waals surface area (Å²) < 4.78 is 8.79. The molecule has 0 spiro atoms. The number of hydrogen-bond acceptors (Lipinski definition) is 8. The topological polar surface area (TPSA) is 55.5 Å². The summed E-state index contributed by atoms with van der Waals surface area (Å²) in [5, 5.41) is 2.75. The average Bonchev–Trinajstić information content (AvgIpc) is 2.69. The Labute approximate surface area is 232 Å². The predicted octanol–water partition coefficient (Wildman–Crippen LogP) is 2.43. The standard InChI is InChI=1S/C5H14N2.C4H11N.C3H9N.C3H8O.C2H9NSi.C2H7N.C2H6O.C2H8Si.2CH4/c1-6(2)5-7(3)4;1-4-5(2)3;1-4(2)3;2*1-3-4-2;3*1-3-2;;/h5H2,1-4H3;4H2,1-3H3;1-3H3;3H2,1-2H3;3H,4H2,1-2H3;3H,1-2H3;1-2H3;3H2,1-2H3;2*1H4. The second-order valence-electron chi connectivity index (χ2n) is 7.94. The van der Waals surface area contributed by atoms with Gasteiger partial charge in [0.15, 0.2) is 0 Å². The summed E-state index contributed by atoms with van der Waals surface area (Å²) in [6.07, 6.45) is 0. The highest BCUT2D eigenvalue weighted by Gasteiger charge is 1.87. The van der Waals surface area contributed by atoms with Gasteiger partial charge in [-0.05, 0) is 98.0 Å². The zero-order valence-electron chi connectivity index (χ0n) is 27.1. The molecule has 0 aliphatic rings. The summed E-state index contributed by atoms with van der Waals surface area (Å²) in [4.78, 5) is 11.4. The van der Waals surface area contributed by atoms with Crippen LogP contribution in [0.5, 0.6) is 0 Å². The third-order valence-corrected chi connectivity index (χ3v) is 2.55. The molecule has 0 aliphatic carbocycles. The van der Waals surface area contributed by atoms with Crippen molar-refractivity contribution in [1.29, 1.82) is 0 Å². The fraction of sp³-hybridized carbons (Fsp3) is 1.00. The Bertz CT molecular complexity index is 199. The minimum absolute atomic E-state index is 0. The number of nitrogens with zero attached hydrogens (tertiary/aromatic N) is 4. The molecule has 8 nitrogen and oxygen atoms in total. The lowest BCUT2D eigenvalue weighted by Crippen LogP contribution is -2.26. The molecule has 0 unspecified atom stereocenters. The Balaban J connectivity index is -0.0000000258. The lowest BCUT2D eigenvalue weighted by Gasteiger charge is -2.14. The summed E-state index contributed by atoms with van der Waals surface area (Å²) in [6, 6.07) is 0. The van der Waals surface area contributed by atoms with E-state index in [9.17, 15) is 0 Å². The summed E-state index contributed by atoms with van der Waals surface area (Å²) in [6.45, 7) is 13.8. The first-order chi connectivity index (χ1) is 15.2. The molecule has 0 fully saturated rings. The minimum Gasteiger partial charge on any atom is -0.388 e. The summed E-state index contributed by atoms with van der Waals surface area (Å²) in [5.74, 6) is 0. The lowest BCUT2D eigenvalue weighted by molar-refractivity contribution is 0.215. The minimum atomic E-state index is 0. The van der Waals surface area contributed by atoms with E-state index in [1.165, 1.54) is 0 Å². The van der Waals surface area contributed by atoms with Gasteiger partial charge in [0.25, 0.3) is 0 Å². The van der Waals surface area contributed by atoms with E-state index in [0.717, 1.165) is 19.8 Å². The van der Waals surface area contributed by atoms with Crippen molar-refractivity contribution in [3.8, 4) is 0 Å². The first-order valence-electron chi connectivity index (χ1n) is 11.9.